The molecule has 0 amide bonds. The number of nitrogens with zero attached hydrogens (tertiary/aromatic N) is 1. The highest BCUT2D eigenvalue weighted by Gasteiger charge is 2.13. The first-order chi connectivity index (χ1) is 11.0. The van der Waals surface area contributed by atoms with Crippen molar-refractivity contribution in [3.05, 3.63) is 73.9 Å². The van der Waals surface area contributed by atoms with Gasteiger partial charge in [-0.25, -0.2) is 4.98 Å². The lowest BCUT2D eigenvalue weighted by molar-refractivity contribution is 1.33. The minimum absolute atomic E-state index is 0.330. The zero-order valence-electron chi connectivity index (χ0n) is 11.5. The Balaban J connectivity index is 2.20. The molecule has 0 saturated carbocycles. The predicted octanol–water partition coefficient (Wildman–Crippen LogP) is 7.68. The molecule has 6 heteroatoms. The van der Waals surface area contributed by atoms with E-state index in [1.165, 1.54) is 0 Å². The summed E-state index contributed by atoms with van der Waals surface area (Å²) in [6.45, 7) is 0. The molecule has 116 valence electrons. The molecular formula is C17H8Cl5N. The largest absolute Gasteiger partial charge is 0.243 e. The third kappa shape index (κ3) is 3.60. The Kier molecular flexibility index (Phi) is 5.05. The van der Waals surface area contributed by atoms with Gasteiger partial charge in [-0.05, 0) is 42.5 Å². The molecular weight excluding hydrogens is 395 g/mol. The molecule has 0 aliphatic rings. The van der Waals surface area contributed by atoms with Gasteiger partial charge in [0.2, 0.25) is 0 Å². The highest BCUT2D eigenvalue weighted by molar-refractivity contribution is 6.37. The summed E-state index contributed by atoms with van der Waals surface area (Å²) in [5.41, 5.74) is 2.93. The summed E-state index contributed by atoms with van der Waals surface area (Å²) < 4.78 is 0. The van der Waals surface area contributed by atoms with Gasteiger partial charge >= 0.3 is 0 Å². The number of aromatic nitrogens is 1. The van der Waals surface area contributed by atoms with E-state index in [1.54, 1.807) is 42.6 Å². The minimum Gasteiger partial charge on any atom is -0.243 e. The van der Waals surface area contributed by atoms with Gasteiger partial charge in [0, 0.05) is 48.5 Å². The van der Waals surface area contributed by atoms with Crippen LogP contribution >= 0.6 is 58.0 Å². The van der Waals surface area contributed by atoms with Gasteiger partial charge in [0.05, 0.1) is 0 Å². The molecule has 3 rings (SSSR count). The van der Waals surface area contributed by atoms with E-state index in [9.17, 15) is 0 Å². The fraction of sp³-hybridized carbons (Fsp3) is 0. The van der Waals surface area contributed by atoms with Gasteiger partial charge in [-0.15, -0.1) is 0 Å². The molecule has 0 aliphatic carbocycles. The first kappa shape index (κ1) is 16.9. The van der Waals surface area contributed by atoms with Gasteiger partial charge in [-0.1, -0.05) is 58.0 Å². The Bertz CT molecular complexity index is 892. The Morgan fingerprint density at radius 2 is 1.17 bits per heavy atom. The standard InChI is InChI=1S/C17H8Cl5N/c18-10-1-3-15(20)12(6-10)9-5-14(17(22)23-8-9)13-7-11(19)2-4-16(13)21/h1-8H. The maximum absolute atomic E-state index is 6.27. The lowest BCUT2D eigenvalue weighted by Crippen LogP contribution is -1.89. The molecule has 0 saturated heterocycles. The van der Waals surface area contributed by atoms with Crippen molar-refractivity contribution in [3.8, 4) is 22.3 Å². The van der Waals surface area contributed by atoms with E-state index >= 15 is 0 Å². The second-order valence-corrected chi connectivity index (χ2v) is 6.86. The average molecular weight is 404 g/mol. The SMILES string of the molecule is Clc1ccc(Cl)c(-c2cnc(Cl)c(-c3cc(Cl)ccc3Cl)c2)c1. The molecule has 1 aromatic heterocycles. The van der Waals surface area contributed by atoms with E-state index in [4.69, 9.17) is 58.0 Å². The lowest BCUT2D eigenvalue weighted by Gasteiger charge is -2.11. The van der Waals surface area contributed by atoms with Crippen LogP contribution in [0.5, 0.6) is 0 Å². The normalized spacial score (nSPS) is 10.8. The number of hydrogen-bond donors (Lipinski definition) is 0. The molecule has 0 radical (unpaired) electrons. The van der Waals surface area contributed by atoms with E-state index in [0.29, 0.717) is 36.4 Å². The fourth-order valence-corrected chi connectivity index (χ4v) is 3.20. The van der Waals surface area contributed by atoms with Gasteiger partial charge in [0.1, 0.15) is 5.15 Å². The molecule has 0 unspecified atom stereocenters. The molecule has 2 aromatic carbocycles. The van der Waals surface area contributed by atoms with E-state index in [-0.39, 0.29) is 0 Å². The van der Waals surface area contributed by atoms with Crippen LogP contribution in [-0.2, 0) is 0 Å². The van der Waals surface area contributed by atoms with Crippen LogP contribution < -0.4 is 0 Å². The monoisotopic (exact) mass is 401 g/mol. The molecule has 0 bridgehead atoms. The molecule has 23 heavy (non-hydrogen) atoms. The molecule has 0 aliphatic heterocycles. The van der Waals surface area contributed by atoms with Crippen molar-refractivity contribution in [1.82, 2.24) is 4.98 Å². The Labute approximate surface area is 158 Å². The van der Waals surface area contributed by atoms with Crippen LogP contribution in [0.15, 0.2) is 48.7 Å². The molecule has 0 fully saturated rings. The van der Waals surface area contributed by atoms with Gasteiger partial charge in [0.15, 0.2) is 0 Å². The molecule has 0 atom stereocenters. The summed E-state index contributed by atoms with van der Waals surface area (Å²) in [4.78, 5) is 4.24. The third-order valence-electron chi connectivity index (χ3n) is 3.30. The van der Waals surface area contributed by atoms with E-state index in [0.717, 1.165) is 11.1 Å². The molecule has 1 nitrogen and oxygen atoms in total. The van der Waals surface area contributed by atoms with E-state index in [2.05, 4.69) is 4.98 Å². The van der Waals surface area contributed by atoms with E-state index in [1.807, 2.05) is 6.07 Å². The van der Waals surface area contributed by atoms with Crippen LogP contribution in [0, 0.1) is 0 Å². The first-order valence-electron chi connectivity index (χ1n) is 6.52. The molecule has 3 aromatic rings. The van der Waals surface area contributed by atoms with Crippen LogP contribution in [0.1, 0.15) is 0 Å². The van der Waals surface area contributed by atoms with Crippen LogP contribution in [0.2, 0.25) is 25.2 Å². The van der Waals surface area contributed by atoms with Crippen molar-refractivity contribution in [3.63, 3.8) is 0 Å². The Hall–Kier alpha value is -0.960. The van der Waals surface area contributed by atoms with Crippen molar-refractivity contribution in [1.29, 1.82) is 0 Å². The fourth-order valence-electron chi connectivity index (χ4n) is 2.21. The number of rotatable bonds is 2. The summed E-state index contributed by atoms with van der Waals surface area (Å²) in [5.74, 6) is 0. The van der Waals surface area contributed by atoms with E-state index < -0.39 is 0 Å². The van der Waals surface area contributed by atoms with Crippen molar-refractivity contribution in [2.24, 2.45) is 0 Å². The topological polar surface area (TPSA) is 12.9 Å². The van der Waals surface area contributed by atoms with Gasteiger partial charge in [-0.2, -0.15) is 0 Å². The van der Waals surface area contributed by atoms with Crippen LogP contribution in [0.3, 0.4) is 0 Å². The summed E-state index contributed by atoms with van der Waals surface area (Å²) in [6, 6.07) is 12.3. The molecule has 1 heterocycles. The maximum atomic E-state index is 6.27. The predicted molar refractivity (Wildman–Crippen MR) is 100 cm³/mol. The molecule has 0 N–H and O–H groups in total. The summed E-state index contributed by atoms with van der Waals surface area (Å²) in [6.07, 6.45) is 1.64. The van der Waals surface area contributed by atoms with Crippen molar-refractivity contribution >= 4 is 58.0 Å². The van der Waals surface area contributed by atoms with Gasteiger partial charge in [0.25, 0.3) is 0 Å². The average Bonchev–Trinajstić information content (AvgIpc) is 2.53. The number of halogens is 5. The maximum Gasteiger partial charge on any atom is 0.136 e. The van der Waals surface area contributed by atoms with Gasteiger partial charge < -0.3 is 0 Å². The van der Waals surface area contributed by atoms with Crippen LogP contribution in [0.4, 0.5) is 0 Å². The summed E-state index contributed by atoms with van der Waals surface area (Å²) in [7, 11) is 0. The zero-order valence-corrected chi connectivity index (χ0v) is 15.2. The highest BCUT2D eigenvalue weighted by Crippen LogP contribution is 2.38. The zero-order chi connectivity index (χ0) is 16.6. The third-order valence-corrected chi connectivity index (χ3v) is 4.73. The number of pyridine rings is 1. The van der Waals surface area contributed by atoms with Crippen molar-refractivity contribution in [2.45, 2.75) is 0 Å². The first-order valence-corrected chi connectivity index (χ1v) is 8.41. The highest BCUT2D eigenvalue weighted by atomic mass is 35.5. The summed E-state index contributed by atoms with van der Waals surface area (Å²) in [5, 5.41) is 2.58. The van der Waals surface area contributed by atoms with Gasteiger partial charge in [-0.3, -0.25) is 0 Å². The quantitative estimate of drug-likeness (QED) is 0.400. The Morgan fingerprint density at radius 1 is 0.609 bits per heavy atom. The second kappa shape index (κ2) is 6.88. The molecule has 0 spiro atoms. The van der Waals surface area contributed by atoms with Crippen LogP contribution in [-0.4, -0.2) is 4.98 Å². The van der Waals surface area contributed by atoms with Crippen LogP contribution in [0.25, 0.3) is 22.3 Å². The Morgan fingerprint density at radius 3 is 1.83 bits per heavy atom. The lowest BCUT2D eigenvalue weighted by atomic mass is 10.0. The second-order valence-electron chi connectivity index (χ2n) is 4.81. The minimum atomic E-state index is 0.330. The smallest absolute Gasteiger partial charge is 0.136 e. The van der Waals surface area contributed by atoms with Crippen molar-refractivity contribution in [2.75, 3.05) is 0 Å². The van der Waals surface area contributed by atoms with Crippen molar-refractivity contribution < 1.29 is 0 Å². The summed E-state index contributed by atoms with van der Waals surface area (Å²) >= 11 is 30.9. The number of benzene rings is 2. The number of hydrogen-bond acceptors (Lipinski definition) is 1.